The van der Waals surface area contributed by atoms with E-state index in [-0.39, 0.29) is 11.9 Å². The van der Waals surface area contributed by atoms with E-state index in [4.69, 9.17) is 0 Å². The second kappa shape index (κ2) is 6.37. The Hall–Kier alpha value is -1.71. The third kappa shape index (κ3) is 3.14. The lowest BCUT2D eigenvalue weighted by Crippen LogP contribution is -2.22. The molecule has 1 unspecified atom stereocenters. The van der Waals surface area contributed by atoms with Crippen molar-refractivity contribution < 1.29 is 4.39 Å². The highest BCUT2D eigenvalue weighted by Crippen LogP contribution is 2.33. The standard InChI is InChI=1S/C18H18FNS/c1-2-11-20-18(13-7-9-15(19)10-8-13)17-12-14-5-3-4-6-16(14)21-17/h3-10,12,18,20H,2,11H2,1H3. The first-order valence-electron chi connectivity index (χ1n) is 7.25. The molecule has 0 spiro atoms. The minimum Gasteiger partial charge on any atom is -0.306 e. The molecule has 0 bridgehead atoms. The van der Waals surface area contributed by atoms with E-state index in [1.807, 2.05) is 12.1 Å². The Morgan fingerprint density at radius 2 is 1.86 bits per heavy atom. The molecular formula is C18H18FNS. The van der Waals surface area contributed by atoms with Crippen LogP contribution in [0, 0.1) is 5.82 Å². The predicted octanol–water partition coefficient (Wildman–Crippen LogP) is 5.13. The van der Waals surface area contributed by atoms with E-state index >= 15 is 0 Å². The van der Waals surface area contributed by atoms with Crippen LogP contribution in [0.3, 0.4) is 0 Å². The van der Waals surface area contributed by atoms with Crippen LogP contribution in [-0.2, 0) is 0 Å². The van der Waals surface area contributed by atoms with Crippen LogP contribution in [0.1, 0.15) is 29.8 Å². The molecule has 0 saturated heterocycles. The molecule has 21 heavy (non-hydrogen) atoms. The first-order valence-corrected chi connectivity index (χ1v) is 8.07. The van der Waals surface area contributed by atoms with Crippen LogP contribution in [-0.4, -0.2) is 6.54 Å². The lowest BCUT2D eigenvalue weighted by atomic mass is 10.0. The maximum Gasteiger partial charge on any atom is 0.123 e. The Morgan fingerprint density at radius 1 is 1.10 bits per heavy atom. The van der Waals surface area contributed by atoms with Gasteiger partial charge >= 0.3 is 0 Å². The molecule has 2 aromatic carbocycles. The Balaban J connectivity index is 1.99. The molecule has 0 aliphatic carbocycles. The van der Waals surface area contributed by atoms with Crippen molar-refractivity contribution in [3.8, 4) is 0 Å². The monoisotopic (exact) mass is 299 g/mol. The zero-order valence-electron chi connectivity index (χ0n) is 12.0. The molecule has 0 radical (unpaired) electrons. The van der Waals surface area contributed by atoms with Gasteiger partial charge in [-0.05, 0) is 48.2 Å². The summed E-state index contributed by atoms with van der Waals surface area (Å²) in [6.45, 7) is 3.09. The SMILES string of the molecule is CCCNC(c1ccc(F)cc1)c1cc2ccccc2s1. The van der Waals surface area contributed by atoms with Crippen LogP contribution in [0.2, 0.25) is 0 Å². The molecule has 3 heteroatoms. The van der Waals surface area contributed by atoms with Crippen molar-refractivity contribution in [3.05, 3.63) is 70.9 Å². The first-order chi connectivity index (χ1) is 10.3. The van der Waals surface area contributed by atoms with Gasteiger partial charge in [0.25, 0.3) is 0 Å². The van der Waals surface area contributed by atoms with Crippen LogP contribution in [0.4, 0.5) is 4.39 Å². The van der Waals surface area contributed by atoms with Gasteiger partial charge in [-0.1, -0.05) is 37.3 Å². The Kier molecular flexibility index (Phi) is 4.32. The highest BCUT2D eigenvalue weighted by Gasteiger charge is 2.16. The normalized spacial score (nSPS) is 12.7. The molecule has 3 aromatic rings. The fourth-order valence-electron chi connectivity index (χ4n) is 2.47. The Morgan fingerprint density at radius 3 is 2.57 bits per heavy atom. The second-order valence-electron chi connectivity index (χ2n) is 5.13. The highest BCUT2D eigenvalue weighted by molar-refractivity contribution is 7.19. The van der Waals surface area contributed by atoms with Gasteiger partial charge in [-0.25, -0.2) is 4.39 Å². The van der Waals surface area contributed by atoms with Gasteiger partial charge in [-0.3, -0.25) is 0 Å². The molecule has 3 rings (SSSR count). The van der Waals surface area contributed by atoms with Gasteiger partial charge in [-0.2, -0.15) is 0 Å². The van der Waals surface area contributed by atoms with Crippen LogP contribution >= 0.6 is 11.3 Å². The lowest BCUT2D eigenvalue weighted by Gasteiger charge is -2.17. The van der Waals surface area contributed by atoms with Gasteiger partial charge in [0.05, 0.1) is 6.04 Å². The summed E-state index contributed by atoms with van der Waals surface area (Å²) in [5.41, 5.74) is 1.11. The van der Waals surface area contributed by atoms with Crippen molar-refractivity contribution >= 4 is 21.4 Å². The maximum absolute atomic E-state index is 13.2. The van der Waals surface area contributed by atoms with E-state index in [1.54, 1.807) is 11.3 Å². The number of fused-ring (bicyclic) bond motifs is 1. The smallest absolute Gasteiger partial charge is 0.123 e. The fourth-order valence-corrected chi connectivity index (χ4v) is 3.64. The van der Waals surface area contributed by atoms with Crippen LogP contribution < -0.4 is 5.32 Å². The fraction of sp³-hybridized carbons (Fsp3) is 0.222. The van der Waals surface area contributed by atoms with E-state index in [1.165, 1.54) is 27.1 Å². The van der Waals surface area contributed by atoms with Gasteiger partial charge in [0, 0.05) is 9.58 Å². The number of hydrogen-bond acceptors (Lipinski definition) is 2. The number of benzene rings is 2. The van der Waals surface area contributed by atoms with Crippen molar-refractivity contribution in [2.75, 3.05) is 6.54 Å². The number of rotatable bonds is 5. The zero-order valence-corrected chi connectivity index (χ0v) is 12.8. The van der Waals surface area contributed by atoms with E-state index in [0.29, 0.717) is 0 Å². The summed E-state index contributed by atoms with van der Waals surface area (Å²) in [6, 6.07) is 17.6. The average molecular weight is 299 g/mol. The molecule has 0 amide bonds. The van der Waals surface area contributed by atoms with Gasteiger partial charge in [0.1, 0.15) is 5.82 Å². The summed E-state index contributed by atoms with van der Waals surface area (Å²) in [7, 11) is 0. The van der Waals surface area contributed by atoms with Crippen molar-refractivity contribution in [1.29, 1.82) is 0 Å². The molecule has 0 saturated carbocycles. The molecule has 1 atom stereocenters. The van der Waals surface area contributed by atoms with Crippen molar-refractivity contribution in [3.63, 3.8) is 0 Å². The second-order valence-corrected chi connectivity index (χ2v) is 6.24. The summed E-state index contributed by atoms with van der Waals surface area (Å²) in [4.78, 5) is 1.27. The third-order valence-corrected chi connectivity index (χ3v) is 4.71. The maximum atomic E-state index is 13.2. The Labute approximate surface area is 128 Å². The number of hydrogen-bond donors (Lipinski definition) is 1. The summed E-state index contributed by atoms with van der Waals surface area (Å²) in [5, 5.41) is 4.84. The molecule has 108 valence electrons. The Bertz CT molecular complexity index is 684. The van der Waals surface area contributed by atoms with Gasteiger partial charge < -0.3 is 5.32 Å². The summed E-state index contributed by atoms with van der Waals surface area (Å²) >= 11 is 1.80. The number of nitrogens with one attached hydrogen (secondary N) is 1. The van der Waals surface area contributed by atoms with Gasteiger partial charge in [0.2, 0.25) is 0 Å². The number of thiophene rings is 1. The summed E-state index contributed by atoms with van der Waals surface area (Å²) in [6.07, 6.45) is 1.07. The first kappa shape index (κ1) is 14.2. The van der Waals surface area contributed by atoms with Gasteiger partial charge in [-0.15, -0.1) is 11.3 Å². The molecule has 1 heterocycles. The largest absolute Gasteiger partial charge is 0.306 e. The average Bonchev–Trinajstić information content (AvgIpc) is 2.93. The summed E-state index contributed by atoms with van der Waals surface area (Å²) in [5.74, 6) is -0.190. The van der Waals surface area contributed by atoms with Gasteiger partial charge in [0.15, 0.2) is 0 Å². The van der Waals surface area contributed by atoms with Crippen molar-refractivity contribution in [1.82, 2.24) is 5.32 Å². The minimum absolute atomic E-state index is 0.128. The quantitative estimate of drug-likeness (QED) is 0.688. The van der Waals surface area contributed by atoms with E-state index in [0.717, 1.165) is 18.5 Å². The highest BCUT2D eigenvalue weighted by atomic mass is 32.1. The molecular weight excluding hydrogens is 281 g/mol. The predicted molar refractivity (Wildman–Crippen MR) is 88.4 cm³/mol. The van der Waals surface area contributed by atoms with E-state index < -0.39 is 0 Å². The number of halogens is 1. The molecule has 0 fully saturated rings. The van der Waals surface area contributed by atoms with Crippen molar-refractivity contribution in [2.45, 2.75) is 19.4 Å². The van der Waals surface area contributed by atoms with Crippen LogP contribution in [0.5, 0.6) is 0 Å². The van der Waals surface area contributed by atoms with Crippen LogP contribution in [0.15, 0.2) is 54.6 Å². The van der Waals surface area contributed by atoms with E-state index in [2.05, 4.69) is 42.6 Å². The third-order valence-electron chi connectivity index (χ3n) is 3.53. The molecule has 1 N–H and O–H groups in total. The van der Waals surface area contributed by atoms with E-state index in [9.17, 15) is 4.39 Å². The molecule has 1 nitrogen and oxygen atoms in total. The topological polar surface area (TPSA) is 12.0 Å². The zero-order chi connectivity index (χ0) is 14.7. The lowest BCUT2D eigenvalue weighted by molar-refractivity contribution is 0.599. The van der Waals surface area contributed by atoms with Crippen LogP contribution in [0.25, 0.3) is 10.1 Å². The molecule has 0 aliphatic heterocycles. The summed E-state index contributed by atoms with van der Waals surface area (Å²) < 4.78 is 14.4. The molecule has 0 aliphatic rings. The van der Waals surface area contributed by atoms with Crippen molar-refractivity contribution in [2.24, 2.45) is 0 Å². The minimum atomic E-state index is -0.190. The molecule has 1 aromatic heterocycles.